The minimum absolute atomic E-state index is 0.0536. The number of hydrogen-bond donors (Lipinski definition) is 1. The van der Waals surface area contributed by atoms with Gasteiger partial charge in [-0.15, -0.1) is 0 Å². The number of rotatable bonds is 5. The molecule has 0 saturated carbocycles. The van der Waals surface area contributed by atoms with Gasteiger partial charge in [-0.2, -0.15) is 0 Å². The third-order valence-electron chi connectivity index (χ3n) is 2.62. The molecule has 1 aromatic carbocycles. The average Bonchev–Trinajstić information content (AvgIpc) is 2.36. The van der Waals surface area contributed by atoms with Crippen LogP contribution in [-0.2, 0) is 9.53 Å². The number of carbonyl (C=O) groups excluding carboxylic acids is 1. The van der Waals surface area contributed by atoms with Crippen molar-refractivity contribution >= 4 is 17.6 Å². The molecule has 7 nitrogen and oxygen atoms in total. The Bertz CT molecular complexity index is 571. The third-order valence-corrected chi connectivity index (χ3v) is 2.62. The summed E-state index contributed by atoms with van der Waals surface area (Å²) in [5.74, 6) is -4.56. The minimum atomic E-state index is -1.64. The monoisotopic (exact) mass is 285 g/mol. The maximum Gasteiger partial charge on any atom is 0.342 e. The molecule has 20 heavy (non-hydrogen) atoms. The van der Waals surface area contributed by atoms with Crippen LogP contribution in [0, 0.1) is 15.9 Å². The van der Waals surface area contributed by atoms with E-state index in [1.165, 1.54) is 6.92 Å². The third kappa shape index (κ3) is 3.08. The summed E-state index contributed by atoms with van der Waals surface area (Å²) < 4.78 is 18.1. The average molecular weight is 285 g/mol. The second kappa shape index (κ2) is 6.09. The van der Waals surface area contributed by atoms with Gasteiger partial charge in [0.2, 0.25) is 0 Å². The van der Waals surface area contributed by atoms with Gasteiger partial charge in [0, 0.05) is 5.56 Å². The Morgan fingerprint density at radius 2 is 2.10 bits per heavy atom. The fourth-order valence-electron chi connectivity index (χ4n) is 1.71. The Labute approximate surface area is 113 Å². The van der Waals surface area contributed by atoms with E-state index >= 15 is 0 Å². The lowest BCUT2D eigenvalue weighted by atomic mass is 9.96. The molecule has 1 unspecified atom stereocenters. The summed E-state index contributed by atoms with van der Waals surface area (Å²) in [7, 11) is 0. The molecule has 0 fully saturated rings. The van der Waals surface area contributed by atoms with Crippen LogP contribution in [0.4, 0.5) is 10.1 Å². The van der Waals surface area contributed by atoms with Crippen LogP contribution in [-0.4, -0.2) is 28.6 Å². The van der Waals surface area contributed by atoms with Gasteiger partial charge in [0.1, 0.15) is 11.4 Å². The van der Waals surface area contributed by atoms with E-state index < -0.39 is 39.8 Å². The molecule has 1 aromatic rings. The molecule has 0 amide bonds. The summed E-state index contributed by atoms with van der Waals surface area (Å²) in [6, 6.07) is 1.31. The fourth-order valence-corrected chi connectivity index (χ4v) is 1.71. The van der Waals surface area contributed by atoms with Crippen LogP contribution in [0.25, 0.3) is 0 Å². The van der Waals surface area contributed by atoms with Gasteiger partial charge in [-0.25, -0.2) is 9.18 Å². The topological polar surface area (TPSA) is 107 Å². The number of hydrogen-bond acceptors (Lipinski definition) is 5. The predicted octanol–water partition coefficient (Wildman–Crippen LogP) is 2.10. The van der Waals surface area contributed by atoms with Gasteiger partial charge < -0.3 is 9.84 Å². The van der Waals surface area contributed by atoms with Crippen molar-refractivity contribution in [1.29, 1.82) is 0 Å². The molecule has 0 aliphatic carbocycles. The van der Waals surface area contributed by atoms with Gasteiger partial charge in [-0.3, -0.25) is 14.9 Å². The lowest BCUT2D eigenvalue weighted by molar-refractivity contribution is -0.386. The standard InChI is InChI=1S/C12H12FNO6/c1-3-20-12(17)6(2)8-4-7(13)5-9(11(15)16)10(8)14(18)19/h4-6H,3H2,1-2H3,(H,15,16). The number of benzene rings is 1. The van der Waals surface area contributed by atoms with Crippen LogP contribution in [0.1, 0.15) is 35.7 Å². The number of carboxylic acid groups (broad SMARTS) is 1. The van der Waals surface area contributed by atoms with Crippen molar-refractivity contribution in [1.82, 2.24) is 0 Å². The Morgan fingerprint density at radius 1 is 1.50 bits per heavy atom. The molecular formula is C12H12FNO6. The number of nitro groups is 1. The molecule has 8 heteroatoms. The van der Waals surface area contributed by atoms with Crippen molar-refractivity contribution in [3.8, 4) is 0 Å². The highest BCUT2D eigenvalue weighted by molar-refractivity contribution is 5.94. The van der Waals surface area contributed by atoms with E-state index in [-0.39, 0.29) is 12.2 Å². The first-order valence-corrected chi connectivity index (χ1v) is 5.67. The van der Waals surface area contributed by atoms with Crippen molar-refractivity contribution < 1.29 is 28.7 Å². The zero-order chi connectivity index (χ0) is 15.4. The smallest absolute Gasteiger partial charge is 0.342 e. The number of nitro benzene ring substituents is 1. The van der Waals surface area contributed by atoms with Crippen molar-refractivity contribution in [2.45, 2.75) is 19.8 Å². The molecule has 1 rings (SSSR count). The second-order valence-electron chi connectivity index (χ2n) is 3.93. The minimum Gasteiger partial charge on any atom is -0.477 e. The van der Waals surface area contributed by atoms with Gasteiger partial charge >= 0.3 is 11.9 Å². The normalized spacial score (nSPS) is 11.8. The Kier molecular flexibility index (Phi) is 4.73. The maximum absolute atomic E-state index is 13.4. The first kappa shape index (κ1) is 15.5. The van der Waals surface area contributed by atoms with E-state index in [0.717, 1.165) is 6.07 Å². The molecule has 1 N–H and O–H groups in total. The van der Waals surface area contributed by atoms with E-state index in [1.54, 1.807) is 6.92 Å². The molecule has 0 spiro atoms. The number of aromatic carboxylic acids is 1. The van der Waals surface area contributed by atoms with Crippen molar-refractivity contribution in [2.24, 2.45) is 0 Å². The molecule has 0 saturated heterocycles. The molecule has 0 bridgehead atoms. The number of halogens is 1. The van der Waals surface area contributed by atoms with Crippen molar-refractivity contribution in [2.75, 3.05) is 6.61 Å². The van der Waals surface area contributed by atoms with E-state index in [1.807, 2.05) is 0 Å². The summed E-state index contributed by atoms with van der Waals surface area (Å²) in [5.41, 5.74) is -1.94. The Balaban J connectivity index is 3.48. The Hall–Kier alpha value is -2.51. The quantitative estimate of drug-likeness (QED) is 0.504. The second-order valence-corrected chi connectivity index (χ2v) is 3.93. The Morgan fingerprint density at radius 3 is 2.55 bits per heavy atom. The number of ether oxygens (including phenoxy) is 1. The lowest BCUT2D eigenvalue weighted by Crippen LogP contribution is -2.16. The fraction of sp³-hybridized carbons (Fsp3) is 0.333. The number of esters is 1. The van der Waals surface area contributed by atoms with Crippen molar-refractivity contribution in [3.63, 3.8) is 0 Å². The van der Waals surface area contributed by atoms with E-state index in [9.17, 15) is 24.1 Å². The van der Waals surface area contributed by atoms with Crippen LogP contribution >= 0.6 is 0 Å². The van der Waals surface area contributed by atoms with Crippen molar-refractivity contribution in [3.05, 3.63) is 39.2 Å². The van der Waals surface area contributed by atoms with E-state index in [4.69, 9.17) is 9.84 Å². The van der Waals surface area contributed by atoms with Crippen LogP contribution < -0.4 is 0 Å². The summed E-state index contributed by atoms with van der Waals surface area (Å²) >= 11 is 0. The van der Waals surface area contributed by atoms with Gasteiger partial charge in [0.25, 0.3) is 5.69 Å². The number of nitrogens with zero attached hydrogens (tertiary/aromatic N) is 1. The first-order chi connectivity index (χ1) is 9.29. The molecule has 108 valence electrons. The molecule has 0 radical (unpaired) electrons. The maximum atomic E-state index is 13.4. The van der Waals surface area contributed by atoms with Crippen LogP contribution in [0.5, 0.6) is 0 Å². The van der Waals surface area contributed by atoms with Gasteiger partial charge in [0.05, 0.1) is 17.4 Å². The van der Waals surface area contributed by atoms with Gasteiger partial charge in [-0.05, 0) is 26.0 Å². The highest BCUT2D eigenvalue weighted by Gasteiger charge is 2.31. The molecule has 0 heterocycles. The molecule has 0 aliphatic rings. The SMILES string of the molecule is CCOC(=O)C(C)c1cc(F)cc(C(=O)O)c1[N+](=O)[O-]. The van der Waals surface area contributed by atoms with Crippen LogP contribution in [0.3, 0.4) is 0 Å². The van der Waals surface area contributed by atoms with Gasteiger partial charge in [-0.1, -0.05) is 0 Å². The molecule has 0 aliphatic heterocycles. The number of carboxylic acids is 1. The molecule has 1 atom stereocenters. The zero-order valence-corrected chi connectivity index (χ0v) is 10.8. The largest absolute Gasteiger partial charge is 0.477 e. The first-order valence-electron chi connectivity index (χ1n) is 5.67. The number of carbonyl (C=O) groups is 2. The zero-order valence-electron chi connectivity index (χ0n) is 10.8. The summed E-state index contributed by atoms with van der Waals surface area (Å²) in [6.45, 7) is 2.89. The molecular weight excluding hydrogens is 273 g/mol. The van der Waals surface area contributed by atoms with Gasteiger partial charge in [0.15, 0.2) is 0 Å². The highest BCUT2D eigenvalue weighted by Crippen LogP contribution is 2.32. The summed E-state index contributed by atoms with van der Waals surface area (Å²) in [6.07, 6.45) is 0. The van der Waals surface area contributed by atoms with Crippen LogP contribution in [0.2, 0.25) is 0 Å². The van der Waals surface area contributed by atoms with E-state index in [2.05, 4.69) is 0 Å². The lowest BCUT2D eigenvalue weighted by Gasteiger charge is -2.12. The van der Waals surface area contributed by atoms with Crippen LogP contribution in [0.15, 0.2) is 12.1 Å². The van der Waals surface area contributed by atoms with E-state index in [0.29, 0.717) is 6.07 Å². The predicted molar refractivity (Wildman–Crippen MR) is 65.1 cm³/mol. The summed E-state index contributed by atoms with van der Waals surface area (Å²) in [4.78, 5) is 32.6. The molecule has 0 aromatic heterocycles. The summed E-state index contributed by atoms with van der Waals surface area (Å²) in [5, 5.41) is 19.9. The highest BCUT2D eigenvalue weighted by atomic mass is 19.1.